The molecule has 2 atom stereocenters. The molecule has 2 rings (SSSR count). The summed E-state index contributed by atoms with van der Waals surface area (Å²) >= 11 is 0. The molecule has 82 valence electrons. The zero-order valence-electron chi connectivity index (χ0n) is 8.90. The lowest BCUT2D eigenvalue weighted by Gasteiger charge is -2.21. The van der Waals surface area contributed by atoms with Gasteiger partial charge in [-0.25, -0.2) is 0 Å². The second-order valence-corrected chi connectivity index (χ2v) is 4.60. The zero-order valence-corrected chi connectivity index (χ0v) is 8.90. The number of nitrogens with one attached hydrogen (secondary N) is 1. The van der Waals surface area contributed by atoms with Crippen LogP contribution < -0.4 is 5.32 Å². The highest BCUT2D eigenvalue weighted by Gasteiger charge is 2.34. The third-order valence-corrected chi connectivity index (χ3v) is 3.16. The fourth-order valence-electron chi connectivity index (χ4n) is 2.19. The van der Waals surface area contributed by atoms with Gasteiger partial charge in [-0.2, -0.15) is 0 Å². The maximum absolute atomic E-state index is 9.39. The number of benzene rings is 1. The number of aliphatic hydroxyl groups excluding tert-OH is 1. The largest absolute Gasteiger partial charge is 0.508 e. The summed E-state index contributed by atoms with van der Waals surface area (Å²) in [4.78, 5) is 0. The molecule has 0 aromatic heterocycles. The van der Waals surface area contributed by atoms with Crippen molar-refractivity contribution >= 4 is 0 Å². The molecule has 3 N–H and O–H groups in total. The van der Waals surface area contributed by atoms with Gasteiger partial charge in [-0.1, -0.05) is 12.1 Å². The number of phenols is 1. The summed E-state index contributed by atoms with van der Waals surface area (Å²) in [7, 11) is 0. The topological polar surface area (TPSA) is 52.5 Å². The Kier molecular flexibility index (Phi) is 2.67. The van der Waals surface area contributed by atoms with E-state index in [0.717, 1.165) is 18.5 Å². The van der Waals surface area contributed by atoms with Crippen LogP contribution in [-0.2, 0) is 0 Å². The Morgan fingerprint density at radius 3 is 2.93 bits per heavy atom. The molecular formula is C12H17NO2. The van der Waals surface area contributed by atoms with Crippen LogP contribution in [0.5, 0.6) is 5.75 Å². The van der Waals surface area contributed by atoms with Gasteiger partial charge in [0.1, 0.15) is 5.75 Å². The van der Waals surface area contributed by atoms with Gasteiger partial charge in [-0.05, 0) is 37.0 Å². The molecule has 3 nitrogen and oxygen atoms in total. The fourth-order valence-corrected chi connectivity index (χ4v) is 2.19. The second kappa shape index (κ2) is 3.83. The van der Waals surface area contributed by atoms with E-state index in [1.807, 2.05) is 19.1 Å². The lowest BCUT2D eigenvalue weighted by Crippen LogP contribution is -2.39. The molecule has 1 aromatic carbocycles. The average Bonchev–Trinajstić information content (AvgIpc) is 2.62. The maximum atomic E-state index is 9.39. The van der Waals surface area contributed by atoms with Gasteiger partial charge >= 0.3 is 0 Å². The van der Waals surface area contributed by atoms with E-state index in [-0.39, 0.29) is 12.1 Å². The van der Waals surface area contributed by atoms with Gasteiger partial charge in [0.05, 0.1) is 6.61 Å². The first-order chi connectivity index (χ1) is 7.13. The normalized spacial score (nSPS) is 30.7. The van der Waals surface area contributed by atoms with Gasteiger partial charge in [0, 0.05) is 12.1 Å². The molecule has 0 bridgehead atoms. The fraction of sp³-hybridized carbons (Fsp3) is 0.500. The molecule has 1 fully saturated rings. The van der Waals surface area contributed by atoms with Gasteiger partial charge in [0.15, 0.2) is 0 Å². The minimum absolute atomic E-state index is 0.155. The Balaban J connectivity index is 2.14. The summed E-state index contributed by atoms with van der Waals surface area (Å²) in [6.07, 6.45) is 0.910. The van der Waals surface area contributed by atoms with Crippen LogP contribution >= 0.6 is 0 Å². The van der Waals surface area contributed by atoms with Gasteiger partial charge in [0.25, 0.3) is 0 Å². The van der Waals surface area contributed by atoms with Gasteiger partial charge in [-0.15, -0.1) is 0 Å². The van der Waals surface area contributed by atoms with Crippen LogP contribution in [0.3, 0.4) is 0 Å². The molecule has 1 saturated heterocycles. The van der Waals surface area contributed by atoms with Gasteiger partial charge in [0.2, 0.25) is 0 Å². The monoisotopic (exact) mass is 207 g/mol. The van der Waals surface area contributed by atoms with Crippen molar-refractivity contribution in [1.29, 1.82) is 0 Å². The smallest absolute Gasteiger partial charge is 0.115 e. The van der Waals surface area contributed by atoms with E-state index in [1.165, 1.54) is 0 Å². The first kappa shape index (κ1) is 10.5. The van der Waals surface area contributed by atoms with E-state index in [9.17, 15) is 10.2 Å². The van der Waals surface area contributed by atoms with Crippen LogP contribution in [0.2, 0.25) is 0 Å². The molecule has 3 heteroatoms. The van der Waals surface area contributed by atoms with E-state index in [4.69, 9.17) is 0 Å². The minimum Gasteiger partial charge on any atom is -0.508 e. The maximum Gasteiger partial charge on any atom is 0.115 e. The summed E-state index contributed by atoms with van der Waals surface area (Å²) < 4.78 is 0. The molecule has 1 heterocycles. The summed E-state index contributed by atoms with van der Waals surface area (Å²) in [6, 6.07) is 7.36. The number of aliphatic hydroxyl groups is 1. The van der Waals surface area contributed by atoms with Crippen molar-refractivity contribution in [3.8, 4) is 5.75 Å². The summed E-state index contributed by atoms with van der Waals surface area (Å²) in [5.41, 5.74) is 0.968. The predicted octanol–water partition coefficient (Wildman–Crippen LogP) is 1.22. The van der Waals surface area contributed by atoms with Crippen molar-refractivity contribution < 1.29 is 10.2 Å². The van der Waals surface area contributed by atoms with E-state index in [1.54, 1.807) is 12.1 Å². The Morgan fingerprint density at radius 2 is 2.33 bits per heavy atom. The quantitative estimate of drug-likeness (QED) is 0.683. The first-order valence-corrected chi connectivity index (χ1v) is 5.28. The van der Waals surface area contributed by atoms with Gasteiger partial charge in [-0.3, -0.25) is 0 Å². The van der Waals surface area contributed by atoms with E-state index >= 15 is 0 Å². The van der Waals surface area contributed by atoms with Crippen LogP contribution in [-0.4, -0.2) is 28.9 Å². The molecule has 1 aliphatic heterocycles. The summed E-state index contributed by atoms with van der Waals surface area (Å²) in [5.74, 6) is 0.694. The minimum atomic E-state index is -0.171. The molecule has 1 aromatic rings. The zero-order chi connectivity index (χ0) is 10.9. The second-order valence-electron chi connectivity index (χ2n) is 4.60. The van der Waals surface area contributed by atoms with Crippen molar-refractivity contribution in [2.45, 2.75) is 24.8 Å². The van der Waals surface area contributed by atoms with Crippen molar-refractivity contribution in [3.05, 3.63) is 29.8 Å². The van der Waals surface area contributed by atoms with Crippen LogP contribution in [0.25, 0.3) is 0 Å². The molecule has 15 heavy (non-hydrogen) atoms. The highest BCUT2D eigenvalue weighted by atomic mass is 16.3. The van der Waals surface area contributed by atoms with Crippen molar-refractivity contribution in [2.24, 2.45) is 0 Å². The first-order valence-electron chi connectivity index (χ1n) is 5.28. The predicted molar refractivity (Wildman–Crippen MR) is 59.0 cm³/mol. The highest BCUT2D eigenvalue weighted by Crippen LogP contribution is 2.32. The number of hydrogen-bond donors (Lipinski definition) is 3. The molecule has 2 unspecified atom stereocenters. The standard InChI is InChI=1S/C12H17NO2/c1-12(8-14)6-10(7-13-12)9-3-2-4-11(15)5-9/h2-5,10,13-15H,6-8H2,1H3. The molecule has 0 spiro atoms. The number of aromatic hydroxyl groups is 1. The Hall–Kier alpha value is -1.06. The van der Waals surface area contributed by atoms with Crippen LogP contribution in [0, 0.1) is 0 Å². The van der Waals surface area contributed by atoms with Crippen LogP contribution in [0.15, 0.2) is 24.3 Å². The SMILES string of the molecule is CC1(CO)CC(c2cccc(O)c2)CN1. The molecule has 0 amide bonds. The summed E-state index contributed by atoms with van der Waals surface area (Å²) in [6.45, 7) is 3.04. The van der Waals surface area contributed by atoms with E-state index in [2.05, 4.69) is 5.32 Å². The van der Waals surface area contributed by atoms with Crippen LogP contribution in [0.1, 0.15) is 24.8 Å². The van der Waals surface area contributed by atoms with Gasteiger partial charge < -0.3 is 15.5 Å². The number of hydrogen-bond acceptors (Lipinski definition) is 3. The average molecular weight is 207 g/mol. The van der Waals surface area contributed by atoms with Crippen molar-refractivity contribution in [2.75, 3.05) is 13.2 Å². The number of phenolic OH excluding ortho intramolecular Hbond substituents is 1. The molecule has 1 aliphatic rings. The Labute approximate surface area is 89.8 Å². The van der Waals surface area contributed by atoms with Crippen molar-refractivity contribution in [1.82, 2.24) is 5.32 Å². The number of rotatable bonds is 2. The Morgan fingerprint density at radius 1 is 1.53 bits per heavy atom. The molecule has 0 aliphatic carbocycles. The van der Waals surface area contributed by atoms with E-state index < -0.39 is 0 Å². The third-order valence-electron chi connectivity index (χ3n) is 3.16. The van der Waals surface area contributed by atoms with Crippen LogP contribution in [0.4, 0.5) is 0 Å². The molecule has 0 saturated carbocycles. The van der Waals surface area contributed by atoms with Crippen molar-refractivity contribution in [3.63, 3.8) is 0 Å². The highest BCUT2D eigenvalue weighted by molar-refractivity contribution is 5.31. The third kappa shape index (κ3) is 2.13. The Bertz CT molecular complexity index is 353. The summed E-state index contributed by atoms with van der Waals surface area (Å²) in [5, 5.41) is 21.9. The lowest BCUT2D eigenvalue weighted by atomic mass is 9.90. The van der Waals surface area contributed by atoms with E-state index in [0.29, 0.717) is 11.7 Å². The lowest BCUT2D eigenvalue weighted by molar-refractivity contribution is 0.191. The molecular weight excluding hydrogens is 190 g/mol. The molecule has 0 radical (unpaired) electrons.